The van der Waals surface area contributed by atoms with Crippen LogP contribution in [0.25, 0.3) is 11.8 Å². The summed E-state index contributed by atoms with van der Waals surface area (Å²) in [5.41, 5.74) is 2.24. The van der Waals surface area contributed by atoms with Gasteiger partial charge >= 0.3 is 12.4 Å². The summed E-state index contributed by atoms with van der Waals surface area (Å²) in [4.78, 5) is 13.5. The van der Waals surface area contributed by atoms with Crippen LogP contribution in [0.15, 0.2) is 72.0 Å². The third-order valence-corrected chi connectivity index (χ3v) is 8.92. The second-order valence-electron chi connectivity index (χ2n) is 11.4. The number of carbonyl (C=O) groups excluding carboxylic acids is 1. The van der Waals surface area contributed by atoms with Gasteiger partial charge in [0.2, 0.25) is 5.91 Å². The number of anilines is 1. The molecule has 4 nitrogen and oxygen atoms in total. The van der Waals surface area contributed by atoms with Crippen LogP contribution in [0.2, 0.25) is 0 Å². The molecule has 1 N–H and O–H groups in total. The minimum Gasteiger partial charge on any atom is -0.326 e. The maximum atomic E-state index is 14.3. The number of alkyl halides is 6. The summed E-state index contributed by atoms with van der Waals surface area (Å²) in [6.07, 6.45) is -3.28. The van der Waals surface area contributed by atoms with E-state index in [1.54, 1.807) is 29.1 Å². The molecule has 1 heterocycles. The van der Waals surface area contributed by atoms with Crippen LogP contribution in [0.1, 0.15) is 43.0 Å². The van der Waals surface area contributed by atoms with Gasteiger partial charge < -0.3 is 5.32 Å². The fourth-order valence-corrected chi connectivity index (χ4v) is 6.93. The number of amides is 1. The maximum absolute atomic E-state index is 14.3. The highest BCUT2D eigenvalue weighted by molar-refractivity contribution is 5.93. The number of halogens is 7. The SMILES string of the molecule is C[C@]12Cc3cnn(-c4ccc(F)cc4)c3C=C1CC[C@H]1C2=CC[C@@H](C(F)(F)F)[C@@H]1C(=O)Nc1cccc(C(F)(F)F)c1. The number of hydrogen-bond donors (Lipinski definition) is 1. The van der Waals surface area contributed by atoms with Gasteiger partial charge in [0.15, 0.2) is 0 Å². The topological polar surface area (TPSA) is 46.9 Å². The second-order valence-corrected chi connectivity index (χ2v) is 11.4. The van der Waals surface area contributed by atoms with Crippen molar-refractivity contribution < 1.29 is 35.5 Å². The van der Waals surface area contributed by atoms with Crippen LogP contribution < -0.4 is 5.32 Å². The monoisotopic (exact) mass is 589 g/mol. The summed E-state index contributed by atoms with van der Waals surface area (Å²) in [5.74, 6) is -5.53. The Balaban J connectivity index is 1.34. The van der Waals surface area contributed by atoms with Crippen molar-refractivity contribution in [3.8, 4) is 5.69 Å². The molecule has 0 spiro atoms. The van der Waals surface area contributed by atoms with E-state index in [0.717, 1.165) is 40.6 Å². The Bertz CT molecular complexity index is 1600. The molecule has 0 saturated heterocycles. The number of aromatic nitrogens is 2. The number of hydrogen-bond acceptors (Lipinski definition) is 2. The normalized spacial score (nSPS) is 25.5. The zero-order valence-corrected chi connectivity index (χ0v) is 22.4. The van der Waals surface area contributed by atoms with Crippen LogP contribution in [0.3, 0.4) is 0 Å². The van der Waals surface area contributed by atoms with Gasteiger partial charge in [0, 0.05) is 11.1 Å². The first kappa shape index (κ1) is 28.2. The second kappa shape index (κ2) is 9.84. The molecule has 11 heteroatoms. The molecule has 1 fully saturated rings. The van der Waals surface area contributed by atoms with E-state index in [1.807, 2.05) is 13.0 Å². The summed E-state index contributed by atoms with van der Waals surface area (Å²) >= 11 is 0. The van der Waals surface area contributed by atoms with Crippen LogP contribution >= 0.6 is 0 Å². The lowest BCUT2D eigenvalue weighted by molar-refractivity contribution is -0.196. The first-order valence-corrected chi connectivity index (χ1v) is 13.5. The molecular weight excluding hydrogens is 563 g/mol. The van der Waals surface area contributed by atoms with Crippen molar-refractivity contribution in [3.63, 3.8) is 0 Å². The van der Waals surface area contributed by atoms with E-state index < -0.39 is 53.4 Å². The fraction of sp³-hybridized carbons (Fsp3) is 0.355. The highest BCUT2D eigenvalue weighted by Gasteiger charge is 2.56. The highest BCUT2D eigenvalue weighted by atomic mass is 19.4. The Morgan fingerprint density at radius 2 is 1.81 bits per heavy atom. The number of nitrogens with one attached hydrogen (secondary N) is 1. The summed E-state index contributed by atoms with van der Waals surface area (Å²) in [6.45, 7) is 1.96. The van der Waals surface area contributed by atoms with Gasteiger partial charge in [-0.15, -0.1) is 0 Å². The maximum Gasteiger partial charge on any atom is 0.416 e. The van der Waals surface area contributed by atoms with Crippen molar-refractivity contribution in [1.82, 2.24) is 9.78 Å². The Morgan fingerprint density at radius 1 is 1.07 bits per heavy atom. The van der Waals surface area contributed by atoms with Gasteiger partial charge in [-0.3, -0.25) is 4.79 Å². The molecule has 0 bridgehead atoms. The zero-order chi connectivity index (χ0) is 30.0. The van der Waals surface area contributed by atoms with Crippen LogP contribution in [0.4, 0.5) is 36.4 Å². The van der Waals surface area contributed by atoms with E-state index in [1.165, 1.54) is 18.2 Å². The van der Waals surface area contributed by atoms with Crippen LogP contribution in [0.5, 0.6) is 0 Å². The molecule has 0 radical (unpaired) electrons. The van der Waals surface area contributed by atoms with Crippen LogP contribution in [0, 0.1) is 29.0 Å². The lowest BCUT2D eigenvalue weighted by Crippen LogP contribution is -2.49. The molecule has 1 saturated carbocycles. The van der Waals surface area contributed by atoms with Crippen molar-refractivity contribution in [3.05, 3.63) is 94.6 Å². The van der Waals surface area contributed by atoms with Gasteiger partial charge in [-0.25, -0.2) is 9.07 Å². The van der Waals surface area contributed by atoms with E-state index >= 15 is 0 Å². The summed E-state index contributed by atoms with van der Waals surface area (Å²) < 4.78 is 97.7. The number of carbonyl (C=O) groups is 1. The molecule has 3 aliphatic carbocycles. The molecule has 0 aliphatic heterocycles. The Hall–Kier alpha value is -3.89. The predicted octanol–water partition coefficient (Wildman–Crippen LogP) is 8.15. The Labute approximate surface area is 236 Å². The molecular formula is C31H26F7N3O. The smallest absolute Gasteiger partial charge is 0.326 e. The summed E-state index contributed by atoms with van der Waals surface area (Å²) in [5, 5.41) is 6.85. The third kappa shape index (κ3) is 4.82. The summed E-state index contributed by atoms with van der Waals surface area (Å²) in [7, 11) is 0. The van der Waals surface area contributed by atoms with E-state index in [9.17, 15) is 35.5 Å². The van der Waals surface area contributed by atoms with Crippen molar-refractivity contribution in [2.75, 3.05) is 5.32 Å². The van der Waals surface area contributed by atoms with E-state index in [-0.39, 0.29) is 17.9 Å². The van der Waals surface area contributed by atoms with Crippen molar-refractivity contribution in [2.45, 2.75) is 45.0 Å². The standard InChI is InChI=1S/C31H26F7N3O/c1-29-15-17-16-39-41(22-8-6-20(32)7-9-22)26(17)14-18(29)5-10-23-24(29)11-12-25(31(36,37)38)27(23)28(42)40-21-4-2-3-19(13-21)30(33,34)35/h2-4,6-9,11,13-14,16,23,25,27H,5,10,12,15H2,1H3,(H,40,42)/t23-,25+,27+,29-/m0/s1. The zero-order valence-electron chi connectivity index (χ0n) is 22.4. The lowest BCUT2D eigenvalue weighted by atomic mass is 9.54. The molecule has 3 aromatic rings. The van der Waals surface area contributed by atoms with Gasteiger partial charge in [0.05, 0.1) is 35.0 Å². The van der Waals surface area contributed by atoms with Crippen LogP contribution in [-0.4, -0.2) is 21.9 Å². The van der Waals surface area contributed by atoms with Gasteiger partial charge in [0.1, 0.15) is 5.82 Å². The molecule has 3 aliphatic rings. The molecule has 4 atom stereocenters. The van der Waals surface area contributed by atoms with E-state index in [0.29, 0.717) is 18.5 Å². The molecule has 2 aromatic carbocycles. The average Bonchev–Trinajstić information content (AvgIpc) is 3.32. The molecule has 1 aromatic heterocycles. The molecule has 1 amide bonds. The van der Waals surface area contributed by atoms with E-state index in [4.69, 9.17) is 0 Å². The van der Waals surface area contributed by atoms with Gasteiger partial charge in [-0.1, -0.05) is 30.2 Å². The molecule has 6 rings (SSSR count). The number of fused-ring (bicyclic) bond motifs is 4. The lowest BCUT2D eigenvalue weighted by Gasteiger charge is -2.50. The van der Waals surface area contributed by atoms with Crippen molar-refractivity contribution in [1.29, 1.82) is 0 Å². The number of allylic oxidation sites excluding steroid dienone is 3. The van der Waals surface area contributed by atoms with Gasteiger partial charge in [-0.2, -0.15) is 31.4 Å². The first-order valence-electron chi connectivity index (χ1n) is 13.5. The highest BCUT2D eigenvalue weighted by Crippen LogP contribution is 2.59. The molecule has 42 heavy (non-hydrogen) atoms. The van der Waals surface area contributed by atoms with Gasteiger partial charge in [0.25, 0.3) is 0 Å². The largest absolute Gasteiger partial charge is 0.416 e. The quantitative estimate of drug-likeness (QED) is 0.248. The predicted molar refractivity (Wildman–Crippen MR) is 142 cm³/mol. The minimum atomic E-state index is -4.68. The Morgan fingerprint density at radius 3 is 2.50 bits per heavy atom. The van der Waals surface area contributed by atoms with E-state index in [2.05, 4.69) is 10.4 Å². The first-order chi connectivity index (χ1) is 19.8. The summed E-state index contributed by atoms with van der Waals surface area (Å²) in [6, 6.07) is 9.80. The average molecular weight is 590 g/mol. The Kier molecular flexibility index (Phi) is 6.62. The molecule has 220 valence electrons. The van der Waals surface area contributed by atoms with Gasteiger partial charge in [-0.05, 0) is 85.7 Å². The number of nitrogens with zero attached hydrogens (tertiary/aromatic N) is 2. The minimum absolute atomic E-state index is 0.204. The number of benzene rings is 2. The van der Waals surface area contributed by atoms with Crippen LogP contribution in [-0.2, 0) is 17.4 Å². The molecule has 0 unspecified atom stereocenters. The van der Waals surface area contributed by atoms with Crippen molar-refractivity contribution in [2.24, 2.45) is 23.2 Å². The fourth-order valence-electron chi connectivity index (χ4n) is 6.93. The van der Waals surface area contributed by atoms with Crippen molar-refractivity contribution >= 4 is 17.7 Å². The number of rotatable bonds is 3. The third-order valence-electron chi connectivity index (χ3n) is 8.92.